The van der Waals surface area contributed by atoms with E-state index in [1.807, 2.05) is 0 Å². The number of ether oxygens (including phenoxy) is 1. The molecule has 0 spiro atoms. The standard InChI is InChI=1S/C12H17NO4/c1-2-3-6-16-8-5-13-9-10-4-7-17-11(10)12(14)15/h2,4,7,13H,1,3,5-6,8-9H2,(H,14,15). The van der Waals surface area contributed by atoms with Gasteiger partial charge in [0.05, 0.1) is 19.5 Å². The lowest BCUT2D eigenvalue weighted by atomic mass is 10.2. The van der Waals surface area contributed by atoms with E-state index < -0.39 is 5.97 Å². The maximum atomic E-state index is 10.7. The van der Waals surface area contributed by atoms with Crippen LogP contribution in [0.4, 0.5) is 0 Å². The molecule has 5 nitrogen and oxygen atoms in total. The molecule has 0 bridgehead atoms. The third kappa shape index (κ3) is 4.84. The van der Waals surface area contributed by atoms with Gasteiger partial charge < -0.3 is 19.6 Å². The number of carboxylic acid groups (broad SMARTS) is 1. The molecule has 0 aliphatic rings. The molecule has 0 saturated carbocycles. The van der Waals surface area contributed by atoms with Gasteiger partial charge >= 0.3 is 5.97 Å². The van der Waals surface area contributed by atoms with Gasteiger partial charge in [-0.15, -0.1) is 6.58 Å². The Morgan fingerprint density at radius 3 is 3.12 bits per heavy atom. The monoisotopic (exact) mass is 239 g/mol. The number of hydrogen-bond donors (Lipinski definition) is 2. The molecule has 0 aliphatic heterocycles. The Kier molecular flexibility index (Phi) is 6.06. The summed E-state index contributed by atoms with van der Waals surface area (Å²) in [6.07, 6.45) is 4.02. The number of rotatable bonds is 9. The molecule has 0 aliphatic carbocycles. The van der Waals surface area contributed by atoms with Crippen molar-refractivity contribution >= 4 is 5.97 Å². The first-order valence-corrected chi connectivity index (χ1v) is 5.44. The predicted octanol–water partition coefficient (Wildman–Crippen LogP) is 1.66. The van der Waals surface area contributed by atoms with Gasteiger partial charge in [-0.05, 0) is 12.5 Å². The van der Waals surface area contributed by atoms with E-state index in [0.717, 1.165) is 6.42 Å². The third-order valence-electron chi connectivity index (χ3n) is 2.15. The van der Waals surface area contributed by atoms with Crippen molar-refractivity contribution in [2.24, 2.45) is 0 Å². The summed E-state index contributed by atoms with van der Waals surface area (Å²) in [7, 11) is 0. The van der Waals surface area contributed by atoms with Gasteiger partial charge in [0.1, 0.15) is 0 Å². The van der Waals surface area contributed by atoms with Crippen molar-refractivity contribution in [1.82, 2.24) is 5.32 Å². The molecule has 1 heterocycles. The summed E-state index contributed by atoms with van der Waals surface area (Å²) in [5, 5.41) is 11.9. The van der Waals surface area contributed by atoms with Crippen LogP contribution in [-0.2, 0) is 11.3 Å². The molecule has 94 valence electrons. The van der Waals surface area contributed by atoms with E-state index in [-0.39, 0.29) is 5.76 Å². The van der Waals surface area contributed by atoms with Crippen molar-refractivity contribution in [2.45, 2.75) is 13.0 Å². The minimum absolute atomic E-state index is 0.00919. The molecular formula is C12H17NO4. The van der Waals surface area contributed by atoms with Crippen LogP contribution in [0, 0.1) is 0 Å². The van der Waals surface area contributed by atoms with Crippen LogP contribution in [0.15, 0.2) is 29.4 Å². The minimum atomic E-state index is -1.05. The number of nitrogens with one attached hydrogen (secondary N) is 1. The Labute approximate surface area is 100 Å². The molecule has 1 rings (SSSR count). The van der Waals surface area contributed by atoms with Gasteiger partial charge in [0.2, 0.25) is 5.76 Å². The van der Waals surface area contributed by atoms with E-state index in [0.29, 0.717) is 31.9 Å². The van der Waals surface area contributed by atoms with Gasteiger partial charge in [-0.1, -0.05) is 6.08 Å². The van der Waals surface area contributed by atoms with Crippen molar-refractivity contribution in [3.63, 3.8) is 0 Å². The highest BCUT2D eigenvalue weighted by Crippen LogP contribution is 2.09. The summed E-state index contributed by atoms with van der Waals surface area (Å²) in [6.45, 7) is 5.98. The van der Waals surface area contributed by atoms with Crippen molar-refractivity contribution in [2.75, 3.05) is 19.8 Å². The third-order valence-corrected chi connectivity index (χ3v) is 2.15. The van der Waals surface area contributed by atoms with E-state index in [1.165, 1.54) is 6.26 Å². The number of furan rings is 1. The highest BCUT2D eigenvalue weighted by molar-refractivity contribution is 5.86. The molecule has 0 saturated heterocycles. The number of hydrogen-bond acceptors (Lipinski definition) is 4. The summed E-state index contributed by atoms with van der Waals surface area (Å²) in [5.41, 5.74) is 0.642. The lowest BCUT2D eigenvalue weighted by Crippen LogP contribution is -2.20. The fourth-order valence-corrected chi connectivity index (χ4v) is 1.30. The molecular weight excluding hydrogens is 222 g/mol. The number of aromatic carboxylic acids is 1. The normalized spacial score (nSPS) is 10.4. The average Bonchev–Trinajstić information content (AvgIpc) is 2.76. The lowest BCUT2D eigenvalue weighted by Gasteiger charge is -2.04. The summed E-state index contributed by atoms with van der Waals surface area (Å²) >= 11 is 0. The molecule has 0 radical (unpaired) electrons. The largest absolute Gasteiger partial charge is 0.475 e. The molecule has 17 heavy (non-hydrogen) atoms. The Bertz CT molecular complexity index is 359. The van der Waals surface area contributed by atoms with Crippen LogP contribution in [-0.4, -0.2) is 30.8 Å². The SMILES string of the molecule is C=CCCOCCNCc1ccoc1C(=O)O. The van der Waals surface area contributed by atoms with Gasteiger partial charge in [-0.25, -0.2) is 4.79 Å². The van der Waals surface area contributed by atoms with Gasteiger partial charge in [0, 0.05) is 18.7 Å². The molecule has 5 heteroatoms. The van der Waals surface area contributed by atoms with Gasteiger partial charge in [-0.2, -0.15) is 0 Å². The van der Waals surface area contributed by atoms with E-state index in [2.05, 4.69) is 11.9 Å². The van der Waals surface area contributed by atoms with Crippen LogP contribution >= 0.6 is 0 Å². The Balaban J connectivity index is 2.15. The zero-order valence-corrected chi connectivity index (χ0v) is 9.65. The molecule has 2 N–H and O–H groups in total. The highest BCUT2D eigenvalue weighted by Gasteiger charge is 2.12. The molecule has 0 unspecified atom stereocenters. The molecule has 0 aromatic carbocycles. The zero-order chi connectivity index (χ0) is 12.5. The fraction of sp³-hybridized carbons (Fsp3) is 0.417. The first-order chi connectivity index (χ1) is 8.25. The fourth-order valence-electron chi connectivity index (χ4n) is 1.30. The molecule has 0 amide bonds. The summed E-state index contributed by atoms with van der Waals surface area (Å²) in [4.78, 5) is 10.7. The van der Waals surface area contributed by atoms with Gasteiger partial charge in [-0.3, -0.25) is 0 Å². The first-order valence-electron chi connectivity index (χ1n) is 5.44. The van der Waals surface area contributed by atoms with Gasteiger partial charge in [0.25, 0.3) is 0 Å². The van der Waals surface area contributed by atoms with E-state index >= 15 is 0 Å². The van der Waals surface area contributed by atoms with Crippen LogP contribution in [0.1, 0.15) is 22.5 Å². The minimum Gasteiger partial charge on any atom is -0.475 e. The maximum Gasteiger partial charge on any atom is 0.372 e. The van der Waals surface area contributed by atoms with Crippen molar-refractivity contribution in [1.29, 1.82) is 0 Å². The van der Waals surface area contributed by atoms with Crippen molar-refractivity contribution < 1.29 is 19.1 Å². The topological polar surface area (TPSA) is 71.7 Å². The quantitative estimate of drug-likeness (QED) is 0.506. The van der Waals surface area contributed by atoms with E-state index in [4.69, 9.17) is 14.3 Å². The summed E-state index contributed by atoms with van der Waals surface area (Å²) in [5.74, 6) is -1.06. The van der Waals surface area contributed by atoms with Crippen LogP contribution in [0.5, 0.6) is 0 Å². The molecule has 0 atom stereocenters. The Hall–Kier alpha value is -1.59. The van der Waals surface area contributed by atoms with Crippen molar-refractivity contribution in [3.8, 4) is 0 Å². The van der Waals surface area contributed by atoms with E-state index in [9.17, 15) is 4.79 Å². The predicted molar refractivity (Wildman–Crippen MR) is 63.0 cm³/mol. The summed E-state index contributed by atoms with van der Waals surface area (Å²) < 4.78 is 10.2. The Morgan fingerprint density at radius 2 is 2.41 bits per heavy atom. The van der Waals surface area contributed by atoms with Crippen molar-refractivity contribution in [3.05, 3.63) is 36.3 Å². The first kappa shape index (κ1) is 13.5. The van der Waals surface area contributed by atoms with Crippen LogP contribution in [0.3, 0.4) is 0 Å². The van der Waals surface area contributed by atoms with Crippen LogP contribution in [0.25, 0.3) is 0 Å². The van der Waals surface area contributed by atoms with E-state index in [1.54, 1.807) is 12.1 Å². The number of carbonyl (C=O) groups is 1. The van der Waals surface area contributed by atoms with Crippen LogP contribution < -0.4 is 5.32 Å². The molecule has 1 aromatic rings. The zero-order valence-electron chi connectivity index (χ0n) is 9.65. The molecule has 0 fully saturated rings. The van der Waals surface area contributed by atoms with Crippen LogP contribution in [0.2, 0.25) is 0 Å². The summed E-state index contributed by atoms with van der Waals surface area (Å²) in [6, 6.07) is 1.65. The average molecular weight is 239 g/mol. The second kappa shape index (κ2) is 7.65. The second-order valence-corrected chi connectivity index (χ2v) is 3.45. The van der Waals surface area contributed by atoms with Gasteiger partial charge in [0.15, 0.2) is 0 Å². The number of carboxylic acids is 1. The highest BCUT2D eigenvalue weighted by atomic mass is 16.5. The lowest BCUT2D eigenvalue weighted by molar-refractivity contribution is 0.0660. The second-order valence-electron chi connectivity index (χ2n) is 3.45. The molecule has 1 aromatic heterocycles. The Morgan fingerprint density at radius 1 is 1.59 bits per heavy atom. The smallest absolute Gasteiger partial charge is 0.372 e. The maximum absolute atomic E-state index is 10.7.